The van der Waals surface area contributed by atoms with Crippen LogP contribution in [0.3, 0.4) is 0 Å². The summed E-state index contributed by atoms with van der Waals surface area (Å²) in [6.45, 7) is 4.06. The lowest BCUT2D eigenvalue weighted by Gasteiger charge is -2.13. The molecule has 0 spiro atoms. The second-order valence-corrected chi connectivity index (χ2v) is 7.21. The van der Waals surface area contributed by atoms with Gasteiger partial charge in [0.1, 0.15) is 5.82 Å². The van der Waals surface area contributed by atoms with Crippen LogP contribution in [0.1, 0.15) is 11.1 Å². The van der Waals surface area contributed by atoms with E-state index in [9.17, 15) is 8.42 Å². The van der Waals surface area contributed by atoms with Gasteiger partial charge >= 0.3 is 10.2 Å². The van der Waals surface area contributed by atoms with Gasteiger partial charge in [0.15, 0.2) is 0 Å². The zero-order chi connectivity index (χ0) is 16.3. The van der Waals surface area contributed by atoms with Crippen molar-refractivity contribution >= 4 is 27.4 Å². The van der Waals surface area contributed by atoms with E-state index < -0.39 is 10.2 Å². The van der Waals surface area contributed by atoms with Crippen LogP contribution in [0.4, 0.5) is 17.2 Å². The lowest BCUT2D eigenvalue weighted by molar-refractivity contribution is 0.527. The number of aryl methyl sites for hydroxylation is 2. The summed E-state index contributed by atoms with van der Waals surface area (Å²) in [7, 11) is -0.583. The fourth-order valence-corrected chi connectivity index (χ4v) is 2.56. The topological polar surface area (TPSA) is 74.3 Å². The normalized spacial score (nSPS) is 11.5. The van der Waals surface area contributed by atoms with Crippen LogP contribution in [0.2, 0.25) is 0 Å². The Labute approximate surface area is 131 Å². The molecule has 2 aromatic rings. The molecule has 7 heteroatoms. The summed E-state index contributed by atoms with van der Waals surface area (Å²) in [5, 5.41) is 3.20. The first-order chi connectivity index (χ1) is 10.3. The largest absolute Gasteiger partial charge is 0.340 e. The molecule has 0 aliphatic rings. The average Bonchev–Trinajstić information content (AvgIpc) is 2.39. The zero-order valence-electron chi connectivity index (χ0n) is 13.1. The van der Waals surface area contributed by atoms with Crippen LogP contribution in [0.25, 0.3) is 0 Å². The highest BCUT2D eigenvalue weighted by Gasteiger charge is 2.12. The van der Waals surface area contributed by atoms with Crippen LogP contribution >= 0.6 is 0 Å². The molecule has 0 amide bonds. The molecule has 0 bridgehead atoms. The molecular formula is C15H20N4O2S. The highest BCUT2D eigenvalue weighted by molar-refractivity contribution is 7.90. The third-order valence-electron chi connectivity index (χ3n) is 2.99. The Bertz CT molecular complexity index is 735. The molecule has 2 N–H and O–H groups in total. The first-order valence-electron chi connectivity index (χ1n) is 6.78. The number of aromatic nitrogens is 1. The maximum Gasteiger partial charge on any atom is 0.301 e. The Morgan fingerprint density at radius 2 is 1.64 bits per heavy atom. The van der Waals surface area contributed by atoms with E-state index in [0.717, 1.165) is 21.1 Å². The molecule has 0 saturated heterocycles. The van der Waals surface area contributed by atoms with Gasteiger partial charge in [-0.1, -0.05) is 6.07 Å². The van der Waals surface area contributed by atoms with Crippen molar-refractivity contribution in [1.29, 1.82) is 0 Å². The molecule has 0 aliphatic heterocycles. The molecule has 118 valence electrons. The van der Waals surface area contributed by atoms with Crippen LogP contribution < -0.4 is 10.0 Å². The maximum atomic E-state index is 11.7. The number of pyridine rings is 1. The van der Waals surface area contributed by atoms with Crippen LogP contribution in [-0.2, 0) is 10.2 Å². The van der Waals surface area contributed by atoms with E-state index >= 15 is 0 Å². The highest BCUT2D eigenvalue weighted by Crippen LogP contribution is 2.19. The molecule has 22 heavy (non-hydrogen) atoms. The van der Waals surface area contributed by atoms with Gasteiger partial charge in [0.05, 0.1) is 11.9 Å². The highest BCUT2D eigenvalue weighted by atomic mass is 32.2. The molecule has 0 aliphatic carbocycles. The van der Waals surface area contributed by atoms with Crippen LogP contribution in [0.15, 0.2) is 36.5 Å². The summed E-state index contributed by atoms with van der Waals surface area (Å²) >= 11 is 0. The number of benzene rings is 1. The molecule has 1 aromatic heterocycles. The minimum Gasteiger partial charge on any atom is -0.340 e. The molecule has 6 nitrogen and oxygen atoms in total. The molecule has 1 aromatic carbocycles. The summed E-state index contributed by atoms with van der Waals surface area (Å²) in [6, 6.07) is 9.54. The van der Waals surface area contributed by atoms with Gasteiger partial charge in [0.2, 0.25) is 0 Å². The van der Waals surface area contributed by atoms with E-state index in [1.807, 2.05) is 26.0 Å². The summed E-state index contributed by atoms with van der Waals surface area (Å²) in [5.41, 5.74) is 3.70. The number of anilines is 3. The van der Waals surface area contributed by atoms with E-state index in [1.54, 1.807) is 12.1 Å². The molecule has 0 saturated carbocycles. The maximum absolute atomic E-state index is 11.7. The lowest BCUT2D eigenvalue weighted by atomic mass is 10.1. The van der Waals surface area contributed by atoms with Gasteiger partial charge in [-0.3, -0.25) is 4.72 Å². The number of nitrogens with one attached hydrogen (secondary N) is 2. The van der Waals surface area contributed by atoms with Crippen molar-refractivity contribution in [1.82, 2.24) is 9.29 Å². The molecule has 0 radical (unpaired) electrons. The molecule has 0 fully saturated rings. The lowest BCUT2D eigenvalue weighted by Crippen LogP contribution is -2.28. The standard InChI is InChI=1S/C15H20N4O2S/c1-11-7-12(2)9-14(8-11)17-15-6-5-13(10-16-15)18-22(20,21)19(3)4/h5-10,18H,1-4H3,(H,16,17). The van der Waals surface area contributed by atoms with Gasteiger partial charge in [-0.25, -0.2) is 4.98 Å². The van der Waals surface area contributed by atoms with Gasteiger partial charge in [0, 0.05) is 19.8 Å². The van der Waals surface area contributed by atoms with E-state index in [0.29, 0.717) is 11.5 Å². The number of nitrogens with zero attached hydrogens (tertiary/aromatic N) is 2. The molecule has 2 rings (SSSR count). The quantitative estimate of drug-likeness (QED) is 0.888. The molecular weight excluding hydrogens is 300 g/mol. The second kappa shape index (κ2) is 6.33. The number of rotatable bonds is 5. The summed E-state index contributed by atoms with van der Waals surface area (Å²) in [5.74, 6) is 0.651. The fraction of sp³-hybridized carbons (Fsp3) is 0.267. The van der Waals surface area contributed by atoms with Crippen molar-refractivity contribution in [2.45, 2.75) is 13.8 Å². The number of hydrogen-bond acceptors (Lipinski definition) is 4. The Kier molecular flexibility index (Phi) is 4.68. The molecule has 0 atom stereocenters. The summed E-state index contributed by atoms with van der Waals surface area (Å²) < 4.78 is 27.0. The Hall–Kier alpha value is -2.12. The van der Waals surface area contributed by atoms with E-state index in [4.69, 9.17) is 0 Å². The van der Waals surface area contributed by atoms with Gasteiger partial charge in [-0.05, 0) is 49.2 Å². The number of hydrogen-bond donors (Lipinski definition) is 2. The minimum absolute atomic E-state index is 0.416. The first kappa shape index (κ1) is 16.3. The Morgan fingerprint density at radius 1 is 1.00 bits per heavy atom. The van der Waals surface area contributed by atoms with Crippen molar-refractivity contribution in [2.75, 3.05) is 24.1 Å². The van der Waals surface area contributed by atoms with E-state index in [2.05, 4.69) is 21.1 Å². The van der Waals surface area contributed by atoms with Crippen molar-refractivity contribution < 1.29 is 8.42 Å². The predicted octanol–water partition coefficient (Wildman–Crippen LogP) is 2.66. The third-order valence-corrected chi connectivity index (χ3v) is 4.44. The van der Waals surface area contributed by atoms with Gasteiger partial charge < -0.3 is 5.32 Å². The first-order valence-corrected chi connectivity index (χ1v) is 8.22. The van der Waals surface area contributed by atoms with E-state index in [1.165, 1.54) is 20.3 Å². The van der Waals surface area contributed by atoms with Crippen molar-refractivity contribution in [2.24, 2.45) is 0 Å². The molecule has 0 unspecified atom stereocenters. The van der Waals surface area contributed by atoms with Crippen LogP contribution in [0, 0.1) is 13.8 Å². The monoisotopic (exact) mass is 320 g/mol. The summed E-state index contributed by atoms with van der Waals surface area (Å²) in [6.07, 6.45) is 1.48. The van der Waals surface area contributed by atoms with Gasteiger partial charge in [0.25, 0.3) is 0 Å². The van der Waals surface area contributed by atoms with Crippen molar-refractivity contribution in [3.63, 3.8) is 0 Å². The van der Waals surface area contributed by atoms with Crippen molar-refractivity contribution in [3.05, 3.63) is 47.7 Å². The average molecular weight is 320 g/mol. The predicted molar refractivity (Wildman–Crippen MR) is 89.7 cm³/mol. The van der Waals surface area contributed by atoms with Crippen LogP contribution in [-0.4, -0.2) is 31.8 Å². The van der Waals surface area contributed by atoms with Crippen molar-refractivity contribution in [3.8, 4) is 0 Å². The van der Waals surface area contributed by atoms with Crippen LogP contribution in [0.5, 0.6) is 0 Å². The zero-order valence-corrected chi connectivity index (χ0v) is 13.9. The fourth-order valence-electron chi connectivity index (χ4n) is 1.96. The van der Waals surface area contributed by atoms with Gasteiger partial charge in [-0.15, -0.1) is 0 Å². The molecule has 1 heterocycles. The summed E-state index contributed by atoms with van der Waals surface area (Å²) in [4.78, 5) is 4.22. The van der Waals surface area contributed by atoms with Gasteiger partial charge in [-0.2, -0.15) is 12.7 Å². The smallest absolute Gasteiger partial charge is 0.301 e. The Balaban J connectivity index is 2.12. The second-order valence-electron chi connectivity index (χ2n) is 5.32. The van der Waals surface area contributed by atoms with E-state index in [-0.39, 0.29) is 0 Å². The Morgan fingerprint density at radius 3 is 2.14 bits per heavy atom. The third kappa shape index (κ3) is 4.19. The SMILES string of the molecule is Cc1cc(C)cc(Nc2ccc(NS(=O)(=O)N(C)C)cn2)c1. The minimum atomic E-state index is -3.51.